The lowest BCUT2D eigenvalue weighted by atomic mass is 9.82. The van der Waals surface area contributed by atoms with Crippen LogP contribution in [0.4, 0.5) is 17.6 Å². The first-order valence-corrected chi connectivity index (χ1v) is 11.2. The number of halogens is 4. The van der Waals surface area contributed by atoms with Gasteiger partial charge in [0.25, 0.3) is 0 Å². The number of hydrogen-bond donors (Lipinski definition) is 0. The highest BCUT2D eigenvalue weighted by Crippen LogP contribution is 2.38. The van der Waals surface area contributed by atoms with Crippen LogP contribution in [0.15, 0.2) is 48.5 Å². The summed E-state index contributed by atoms with van der Waals surface area (Å²) in [5.74, 6) is -3.33. The normalized spacial score (nSPS) is 18.1. The van der Waals surface area contributed by atoms with E-state index >= 15 is 0 Å². The van der Waals surface area contributed by atoms with Gasteiger partial charge in [0.1, 0.15) is 5.75 Å². The third-order valence-electron chi connectivity index (χ3n) is 6.45. The van der Waals surface area contributed by atoms with E-state index in [0.29, 0.717) is 42.6 Å². The van der Waals surface area contributed by atoms with Gasteiger partial charge in [0, 0.05) is 11.1 Å². The van der Waals surface area contributed by atoms with Crippen molar-refractivity contribution in [3.63, 3.8) is 0 Å². The van der Waals surface area contributed by atoms with Crippen molar-refractivity contribution in [1.29, 1.82) is 0 Å². The van der Waals surface area contributed by atoms with E-state index in [-0.39, 0.29) is 35.5 Å². The van der Waals surface area contributed by atoms with E-state index in [4.69, 9.17) is 14.2 Å². The van der Waals surface area contributed by atoms with Crippen molar-refractivity contribution in [2.75, 3.05) is 14.2 Å². The summed E-state index contributed by atoms with van der Waals surface area (Å²) < 4.78 is 73.6. The molecule has 0 radical (unpaired) electrons. The van der Waals surface area contributed by atoms with E-state index in [1.54, 1.807) is 30.3 Å². The van der Waals surface area contributed by atoms with Crippen molar-refractivity contribution >= 4 is 0 Å². The summed E-state index contributed by atoms with van der Waals surface area (Å²) >= 11 is 0. The van der Waals surface area contributed by atoms with Crippen LogP contribution in [0.25, 0.3) is 11.1 Å². The summed E-state index contributed by atoms with van der Waals surface area (Å²) in [5, 5.41) is 0. The third kappa shape index (κ3) is 4.89. The molecule has 0 bridgehead atoms. The highest BCUT2D eigenvalue weighted by atomic mass is 19.2. The second kappa shape index (κ2) is 10.5. The highest BCUT2D eigenvalue weighted by molar-refractivity contribution is 5.65. The van der Waals surface area contributed by atoms with Gasteiger partial charge in [-0.05, 0) is 60.9 Å². The minimum atomic E-state index is -0.978. The van der Waals surface area contributed by atoms with E-state index in [1.165, 1.54) is 32.4 Å². The number of benzene rings is 3. The zero-order valence-electron chi connectivity index (χ0n) is 19.0. The maximum atomic E-state index is 14.7. The molecule has 0 heterocycles. The summed E-state index contributed by atoms with van der Waals surface area (Å²) in [5.41, 5.74) is 1.18. The molecule has 0 amide bonds. The van der Waals surface area contributed by atoms with Gasteiger partial charge in [0.05, 0.1) is 26.9 Å². The lowest BCUT2D eigenvalue weighted by Gasteiger charge is -2.29. The minimum Gasteiger partial charge on any atom is -0.497 e. The molecule has 3 aromatic carbocycles. The second-order valence-electron chi connectivity index (χ2n) is 8.40. The Morgan fingerprint density at radius 2 is 1.41 bits per heavy atom. The van der Waals surface area contributed by atoms with Crippen molar-refractivity contribution < 1.29 is 31.8 Å². The van der Waals surface area contributed by atoms with Gasteiger partial charge < -0.3 is 14.2 Å². The maximum absolute atomic E-state index is 14.7. The van der Waals surface area contributed by atoms with E-state index in [2.05, 4.69) is 0 Å². The lowest BCUT2D eigenvalue weighted by Crippen LogP contribution is -2.21. The molecule has 0 unspecified atom stereocenters. The molecular weight excluding hydrogens is 448 g/mol. The molecule has 3 aromatic rings. The second-order valence-corrected chi connectivity index (χ2v) is 8.40. The van der Waals surface area contributed by atoms with Crippen molar-refractivity contribution in [3.8, 4) is 22.6 Å². The van der Waals surface area contributed by atoms with Gasteiger partial charge in [0.15, 0.2) is 23.2 Å². The molecule has 0 spiro atoms. The largest absolute Gasteiger partial charge is 0.497 e. The Bertz CT molecular complexity index is 1140. The SMILES string of the molecule is COc1ccc(-c2ccc(COC3CCC(c4ccc(OC)c(F)c4F)CC3)c(F)c2F)cc1. The number of methoxy groups -OCH3 is 2. The fourth-order valence-corrected chi connectivity index (χ4v) is 4.46. The average Bonchev–Trinajstić information content (AvgIpc) is 2.87. The van der Waals surface area contributed by atoms with E-state index < -0.39 is 23.3 Å². The maximum Gasteiger partial charge on any atom is 0.200 e. The first-order valence-electron chi connectivity index (χ1n) is 11.2. The van der Waals surface area contributed by atoms with Crippen LogP contribution < -0.4 is 9.47 Å². The number of ether oxygens (including phenoxy) is 3. The van der Waals surface area contributed by atoms with Crippen LogP contribution in [0.5, 0.6) is 11.5 Å². The minimum absolute atomic E-state index is 0.0630. The van der Waals surface area contributed by atoms with Gasteiger partial charge in [-0.3, -0.25) is 0 Å². The average molecular weight is 474 g/mol. The van der Waals surface area contributed by atoms with Gasteiger partial charge in [-0.25, -0.2) is 13.2 Å². The molecule has 0 atom stereocenters. The van der Waals surface area contributed by atoms with Gasteiger partial charge in [-0.1, -0.05) is 30.3 Å². The van der Waals surface area contributed by atoms with Crippen LogP contribution in [0.3, 0.4) is 0 Å². The zero-order valence-corrected chi connectivity index (χ0v) is 19.0. The molecule has 0 aromatic heterocycles. The fraction of sp³-hybridized carbons (Fsp3) is 0.333. The van der Waals surface area contributed by atoms with Gasteiger partial charge in [0.2, 0.25) is 5.82 Å². The van der Waals surface area contributed by atoms with Crippen molar-refractivity contribution in [3.05, 3.63) is 82.9 Å². The molecule has 1 aliphatic rings. The Balaban J connectivity index is 1.36. The Hall–Kier alpha value is -3.06. The molecule has 0 N–H and O–H groups in total. The van der Waals surface area contributed by atoms with Crippen molar-refractivity contribution in [2.24, 2.45) is 0 Å². The first kappa shape index (κ1) is 24.1. The van der Waals surface area contributed by atoms with E-state index in [1.807, 2.05) is 0 Å². The Labute approximate surface area is 196 Å². The molecule has 1 fully saturated rings. The molecule has 180 valence electrons. The van der Waals surface area contributed by atoms with Gasteiger partial charge in [-0.15, -0.1) is 0 Å². The third-order valence-corrected chi connectivity index (χ3v) is 6.45. The van der Waals surface area contributed by atoms with Crippen molar-refractivity contribution in [2.45, 2.75) is 44.3 Å². The summed E-state index contributed by atoms with van der Waals surface area (Å²) in [4.78, 5) is 0. The molecule has 0 saturated heterocycles. The van der Waals surface area contributed by atoms with Crippen molar-refractivity contribution in [1.82, 2.24) is 0 Å². The molecule has 3 nitrogen and oxygen atoms in total. The Morgan fingerprint density at radius 3 is 2.06 bits per heavy atom. The summed E-state index contributed by atoms with van der Waals surface area (Å²) in [7, 11) is 2.83. The molecule has 1 aliphatic carbocycles. The summed E-state index contributed by atoms with van der Waals surface area (Å²) in [6.07, 6.45) is 2.30. The van der Waals surface area contributed by atoms with E-state index in [0.717, 1.165) is 0 Å². The van der Waals surface area contributed by atoms with Crippen LogP contribution in [0.2, 0.25) is 0 Å². The van der Waals surface area contributed by atoms with Crippen LogP contribution in [-0.4, -0.2) is 20.3 Å². The lowest BCUT2D eigenvalue weighted by molar-refractivity contribution is 0.0116. The summed E-state index contributed by atoms with van der Waals surface area (Å²) in [6, 6.07) is 12.8. The van der Waals surface area contributed by atoms with Gasteiger partial charge in [-0.2, -0.15) is 4.39 Å². The van der Waals surface area contributed by atoms with Crippen LogP contribution in [-0.2, 0) is 11.3 Å². The smallest absolute Gasteiger partial charge is 0.200 e. The predicted octanol–water partition coefficient (Wildman–Crippen LogP) is 7.17. The molecular formula is C27H26F4O3. The van der Waals surface area contributed by atoms with Crippen LogP contribution in [0.1, 0.15) is 42.7 Å². The monoisotopic (exact) mass is 474 g/mol. The highest BCUT2D eigenvalue weighted by Gasteiger charge is 2.27. The molecule has 34 heavy (non-hydrogen) atoms. The number of hydrogen-bond acceptors (Lipinski definition) is 3. The standard InChI is InChI=1S/C27H26F4O3/c1-32-19-8-3-16(4-9-19)21-12-7-18(24(28)25(21)29)15-34-20-10-5-17(6-11-20)22-13-14-23(33-2)27(31)26(22)30/h3-4,7-9,12-14,17,20H,5-6,10-11,15H2,1-2H3. The molecule has 1 saturated carbocycles. The fourth-order valence-electron chi connectivity index (χ4n) is 4.46. The quantitative estimate of drug-likeness (QED) is 0.340. The van der Waals surface area contributed by atoms with Gasteiger partial charge >= 0.3 is 0 Å². The molecule has 7 heteroatoms. The Morgan fingerprint density at radius 1 is 0.706 bits per heavy atom. The first-order chi connectivity index (χ1) is 16.4. The Kier molecular flexibility index (Phi) is 7.41. The predicted molar refractivity (Wildman–Crippen MR) is 121 cm³/mol. The number of rotatable bonds is 7. The topological polar surface area (TPSA) is 27.7 Å². The molecule has 4 rings (SSSR count). The zero-order chi connectivity index (χ0) is 24.2. The molecule has 0 aliphatic heterocycles. The van der Waals surface area contributed by atoms with Crippen LogP contribution >= 0.6 is 0 Å². The summed E-state index contributed by atoms with van der Waals surface area (Å²) in [6.45, 7) is -0.0630. The van der Waals surface area contributed by atoms with E-state index in [9.17, 15) is 17.6 Å². The van der Waals surface area contributed by atoms with Crippen LogP contribution in [0, 0.1) is 23.3 Å².